The van der Waals surface area contributed by atoms with E-state index >= 15 is 0 Å². The Balaban J connectivity index is 1.50. The fourth-order valence-electron chi connectivity index (χ4n) is 3.19. The van der Waals surface area contributed by atoms with Crippen LogP contribution < -0.4 is 5.32 Å². The Bertz CT molecular complexity index is 983. The van der Waals surface area contributed by atoms with Crippen LogP contribution in [-0.4, -0.2) is 21.2 Å². The molecule has 1 aliphatic rings. The highest BCUT2D eigenvalue weighted by atomic mass is 32.1. The van der Waals surface area contributed by atoms with Gasteiger partial charge < -0.3 is 9.88 Å². The molecule has 0 aliphatic heterocycles. The Hall–Kier alpha value is -2.73. The summed E-state index contributed by atoms with van der Waals surface area (Å²) in [6.45, 7) is 1.57. The molecule has 6 heteroatoms. The molecule has 1 N–H and O–H groups in total. The van der Waals surface area contributed by atoms with Gasteiger partial charge in [0.05, 0.1) is 10.9 Å². The van der Waals surface area contributed by atoms with E-state index in [2.05, 4.69) is 10.3 Å². The summed E-state index contributed by atoms with van der Waals surface area (Å²) < 4.78 is 1.97. The van der Waals surface area contributed by atoms with Crippen molar-refractivity contribution >= 4 is 23.0 Å². The molecular formula is C21H21N3O2S. The normalized spacial score (nSPS) is 14.7. The molecule has 0 unspecified atom stereocenters. The molecular weight excluding hydrogens is 358 g/mol. The van der Waals surface area contributed by atoms with Gasteiger partial charge >= 0.3 is 0 Å². The molecule has 27 heavy (non-hydrogen) atoms. The molecule has 0 bridgehead atoms. The van der Waals surface area contributed by atoms with Crippen LogP contribution >= 0.6 is 11.3 Å². The summed E-state index contributed by atoms with van der Waals surface area (Å²) in [4.78, 5) is 30.4. The maximum absolute atomic E-state index is 12.7. The Morgan fingerprint density at radius 1 is 1.19 bits per heavy atom. The predicted molar refractivity (Wildman–Crippen MR) is 106 cm³/mol. The van der Waals surface area contributed by atoms with Crippen molar-refractivity contribution in [1.82, 2.24) is 14.9 Å². The zero-order chi connectivity index (χ0) is 19.0. The number of nitrogens with zero attached hydrogens (tertiary/aromatic N) is 2. The molecule has 0 radical (unpaired) electrons. The van der Waals surface area contributed by atoms with Gasteiger partial charge in [0.25, 0.3) is 5.91 Å². The van der Waals surface area contributed by atoms with Crippen molar-refractivity contribution in [2.75, 3.05) is 0 Å². The summed E-state index contributed by atoms with van der Waals surface area (Å²) in [6, 6.07) is 11.3. The maximum Gasteiger partial charge on any atom is 0.251 e. The second kappa shape index (κ2) is 7.12. The largest absolute Gasteiger partial charge is 0.342 e. The van der Waals surface area contributed by atoms with Crippen LogP contribution in [0, 0.1) is 5.92 Å². The summed E-state index contributed by atoms with van der Waals surface area (Å²) in [5.41, 5.74) is 1.63. The predicted octanol–water partition coefficient (Wildman–Crippen LogP) is 4.23. The van der Waals surface area contributed by atoms with Gasteiger partial charge in [-0.2, -0.15) is 0 Å². The van der Waals surface area contributed by atoms with Crippen LogP contribution in [0.1, 0.15) is 51.7 Å². The number of benzene rings is 1. The van der Waals surface area contributed by atoms with Crippen LogP contribution in [0.25, 0.3) is 10.4 Å². The van der Waals surface area contributed by atoms with Gasteiger partial charge in [-0.15, -0.1) is 11.3 Å². The fraction of sp³-hybridized carbons (Fsp3) is 0.286. The number of hydrogen-bond acceptors (Lipinski definition) is 4. The quantitative estimate of drug-likeness (QED) is 0.652. The smallest absolute Gasteiger partial charge is 0.251 e. The van der Waals surface area contributed by atoms with E-state index in [9.17, 15) is 9.59 Å². The van der Waals surface area contributed by atoms with Crippen LogP contribution in [0.4, 0.5) is 0 Å². The monoisotopic (exact) mass is 379 g/mol. The van der Waals surface area contributed by atoms with E-state index in [1.165, 1.54) is 11.3 Å². The number of amides is 1. The summed E-state index contributed by atoms with van der Waals surface area (Å²) in [6.07, 6.45) is 5.91. The molecule has 3 aromatic rings. The van der Waals surface area contributed by atoms with E-state index in [0.717, 1.165) is 34.0 Å². The molecule has 4 rings (SSSR count). The molecule has 2 aromatic heterocycles. The van der Waals surface area contributed by atoms with Gasteiger partial charge in [0.15, 0.2) is 5.78 Å². The number of rotatable bonds is 6. The third kappa shape index (κ3) is 3.71. The summed E-state index contributed by atoms with van der Waals surface area (Å²) >= 11 is 1.47. The molecule has 5 nitrogen and oxygen atoms in total. The van der Waals surface area contributed by atoms with Gasteiger partial charge in [0.2, 0.25) is 0 Å². The minimum atomic E-state index is -0.0861. The minimum Gasteiger partial charge on any atom is -0.342 e. The third-order valence-electron chi connectivity index (χ3n) is 4.90. The Kier molecular flexibility index (Phi) is 4.66. The molecule has 0 spiro atoms. The highest BCUT2D eigenvalue weighted by molar-refractivity contribution is 7.17. The van der Waals surface area contributed by atoms with Crippen LogP contribution in [0.2, 0.25) is 0 Å². The number of imidazole rings is 1. The van der Waals surface area contributed by atoms with Crippen molar-refractivity contribution in [2.24, 2.45) is 13.0 Å². The van der Waals surface area contributed by atoms with Crippen molar-refractivity contribution < 1.29 is 9.59 Å². The standard InChI is InChI=1S/C21H21N3O2S/c1-13(25)17-9-10-18(27-17)14-3-7-16(8-4-14)21(26)23-19(15-5-6-15)20-22-11-12-24(20)2/h3-4,7-12,15,19H,5-6H2,1-2H3,(H,23,26)/t19-/m1/s1. The number of aromatic nitrogens is 2. The van der Waals surface area contributed by atoms with E-state index < -0.39 is 0 Å². The van der Waals surface area contributed by atoms with Crippen LogP contribution in [0.5, 0.6) is 0 Å². The molecule has 1 atom stereocenters. The molecule has 0 saturated heterocycles. The van der Waals surface area contributed by atoms with E-state index in [0.29, 0.717) is 11.5 Å². The average molecular weight is 379 g/mol. The Morgan fingerprint density at radius 2 is 1.93 bits per heavy atom. The highest BCUT2D eigenvalue weighted by Crippen LogP contribution is 2.40. The number of aryl methyl sites for hydroxylation is 1. The molecule has 2 heterocycles. The van der Waals surface area contributed by atoms with Gasteiger partial charge in [0, 0.05) is 29.9 Å². The molecule has 1 fully saturated rings. The number of carbonyl (C=O) groups is 2. The summed E-state index contributed by atoms with van der Waals surface area (Å²) in [5.74, 6) is 1.35. The Morgan fingerprint density at radius 3 is 2.48 bits per heavy atom. The lowest BCUT2D eigenvalue weighted by Gasteiger charge is -2.18. The SMILES string of the molecule is CC(=O)c1ccc(-c2ccc(C(=O)N[C@@H](c3nccn3C)C3CC3)cc2)s1. The molecule has 1 amide bonds. The van der Waals surface area contributed by atoms with Gasteiger partial charge in [-0.05, 0) is 55.5 Å². The molecule has 138 valence electrons. The van der Waals surface area contributed by atoms with Gasteiger partial charge in [-0.25, -0.2) is 4.98 Å². The number of ketones is 1. The number of nitrogens with one attached hydrogen (secondary N) is 1. The number of thiophene rings is 1. The number of hydrogen-bond donors (Lipinski definition) is 1. The van der Waals surface area contributed by atoms with Crippen molar-refractivity contribution in [3.8, 4) is 10.4 Å². The van der Waals surface area contributed by atoms with Crippen molar-refractivity contribution in [3.63, 3.8) is 0 Å². The highest BCUT2D eigenvalue weighted by Gasteiger charge is 2.35. The molecule has 1 aromatic carbocycles. The van der Waals surface area contributed by atoms with Gasteiger partial charge in [-0.3, -0.25) is 9.59 Å². The van der Waals surface area contributed by atoms with Crippen molar-refractivity contribution in [3.05, 3.63) is 65.1 Å². The second-order valence-corrected chi connectivity index (χ2v) is 8.07. The van der Waals surface area contributed by atoms with Crippen LogP contribution in [0.15, 0.2) is 48.8 Å². The maximum atomic E-state index is 12.7. The first-order valence-corrected chi connectivity index (χ1v) is 9.84. The van der Waals surface area contributed by atoms with E-state index in [1.54, 1.807) is 13.1 Å². The lowest BCUT2D eigenvalue weighted by Crippen LogP contribution is -2.31. The summed E-state index contributed by atoms with van der Waals surface area (Å²) in [7, 11) is 1.95. The van der Waals surface area contributed by atoms with E-state index in [1.807, 2.05) is 54.2 Å². The van der Waals surface area contributed by atoms with Crippen molar-refractivity contribution in [2.45, 2.75) is 25.8 Å². The lowest BCUT2D eigenvalue weighted by molar-refractivity contribution is 0.0928. The zero-order valence-electron chi connectivity index (χ0n) is 15.3. The zero-order valence-corrected chi connectivity index (χ0v) is 16.1. The average Bonchev–Trinajstić information content (AvgIpc) is 3.22. The van der Waals surface area contributed by atoms with Crippen molar-refractivity contribution in [1.29, 1.82) is 0 Å². The summed E-state index contributed by atoms with van der Waals surface area (Å²) in [5, 5.41) is 3.15. The van der Waals surface area contributed by atoms with E-state index in [4.69, 9.17) is 0 Å². The third-order valence-corrected chi connectivity index (χ3v) is 6.14. The van der Waals surface area contributed by atoms with E-state index in [-0.39, 0.29) is 17.7 Å². The first-order valence-electron chi connectivity index (χ1n) is 9.02. The minimum absolute atomic E-state index is 0.0485. The second-order valence-electron chi connectivity index (χ2n) is 6.98. The first kappa shape index (κ1) is 17.7. The lowest BCUT2D eigenvalue weighted by atomic mass is 10.1. The number of Topliss-reactive ketones (excluding diaryl/α,β-unsaturated/α-hetero) is 1. The topological polar surface area (TPSA) is 64.0 Å². The van der Waals surface area contributed by atoms with Gasteiger partial charge in [-0.1, -0.05) is 12.1 Å². The van der Waals surface area contributed by atoms with Crippen LogP contribution in [-0.2, 0) is 7.05 Å². The van der Waals surface area contributed by atoms with Gasteiger partial charge in [0.1, 0.15) is 5.82 Å². The number of carbonyl (C=O) groups excluding carboxylic acids is 2. The molecule has 1 saturated carbocycles. The fourth-order valence-corrected chi connectivity index (χ4v) is 4.10. The van der Waals surface area contributed by atoms with Crippen LogP contribution in [0.3, 0.4) is 0 Å². The first-order chi connectivity index (χ1) is 13.0. The molecule has 1 aliphatic carbocycles. The Labute approximate surface area is 162 Å².